The lowest BCUT2D eigenvalue weighted by molar-refractivity contribution is -0.142. The second-order valence-electron chi connectivity index (χ2n) is 6.90. The van der Waals surface area contributed by atoms with E-state index < -0.39 is 29.2 Å². The van der Waals surface area contributed by atoms with Gasteiger partial charge in [0.15, 0.2) is 0 Å². The SMILES string of the molecule is C=CC1CCC(c2ccc(-c3cc(F)c(C(F)(F)F)c(F)c3)c(F)c2)CC1. The van der Waals surface area contributed by atoms with Crippen LogP contribution in [0.25, 0.3) is 11.1 Å². The van der Waals surface area contributed by atoms with Crippen LogP contribution in [0.4, 0.5) is 26.3 Å². The number of hydrogen-bond acceptors (Lipinski definition) is 0. The van der Waals surface area contributed by atoms with Crippen molar-refractivity contribution >= 4 is 0 Å². The summed E-state index contributed by atoms with van der Waals surface area (Å²) in [5.74, 6) is -3.58. The van der Waals surface area contributed by atoms with Crippen LogP contribution in [0.1, 0.15) is 42.7 Å². The summed E-state index contributed by atoms with van der Waals surface area (Å²) < 4.78 is 80.1. The van der Waals surface area contributed by atoms with E-state index in [9.17, 15) is 26.3 Å². The van der Waals surface area contributed by atoms with Crippen molar-refractivity contribution < 1.29 is 26.3 Å². The summed E-state index contributed by atoms with van der Waals surface area (Å²) in [7, 11) is 0. The maximum absolute atomic E-state index is 14.5. The quantitative estimate of drug-likeness (QED) is 0.386. The van der Waals surface area contributed by atoms with Gasteiger partial charge in [-0.2, -0.15) is 13.2 Å². The van der Waals surface area contributed by atoms with Gasteiger partial charge in [0.1, 0.15) is 23.0 Å². The molecule has 0 radical (unpaired) electrons. The van der Waals surface area contributed by atoms with Crippen molar-refractivity contribution in [2.75, 3.05) is 0 Å². The van der Waals surface area contributed by atoms with Crippen LogP contribution in [0.3, 0.4) is 0 Å². The van der Waals surface area contributed by atoms with Crippen LogP contribution in [0.15, 0.2) is 43.0 Å². The molecule has 0 unspecified atom stereocenters. The highest BCUT2D eigenvalue weighted by atomic mass is 19.4. The third kappa shape index (κ3) is 4.04. The maximum atomic E-state index is 14.5. The summed E-state index contributed by atoms with van der Waals surface area (Å²) >= 11 is 0. The van der Waals surface area contributed by atoms with Gasteiger partial charge in [0.2, 0.25) is 0 Å². The van der Waals surface area contributed by atoms with Crippen LogP contribution in [-0.2, 0) is 6.18 Å². The highest BCUT2D eigenvalue weighted by molar-refractivity contribution is 5.65. The standard InChI is InChI=1S/C21H18F6/c1-2-12-3-5-13(6-4-12)14-7-8-16(17(22)9-14)15-10-18(23)20(19(24)11-15)21(25,26)27/h2,7-13H,1,3-6H2. The first-order valence-electron chi connectivity index (χ1n) is 8.69. The molecule has 0 aliphatic heterocycles. The second-order valence-corrected chi connectivity index (χ2v) is 6.90. The Labute approximate surface area is 153 Å². The minimum Gasteiger partial charge on any atom is -0.206 e. The predicted molar refractivity (Wildman–Crippen MR) is 91.7 cm³/mol. The van der Waals surface area contributed by atoms with Crippen LogP contribution < -0.4 is 0 Å². The summed E-state index contributed by atoms with van der Waals surface area (Å²) in [6.45, 7) is 3.79. The largest absolute Gasteiger partial charge is 0.422 e. The van der Waals surface area contributed by atoms with Gasteiger partial charge in [-0.25, -0.2) is 13.2 Å². The molecule has 3 rings (SSSR count). The molecule has 2 aromatic carbocycles. The lowest BCUT2D eigenvalue weighted by Gasteiger charge is -2.27. The van der Waals surface area contributed by atoms with E-state index in [4.69, 9.17) is 0 Å². The highest BCUT2D eigenvalue weighted by Gasteiger charge is 2.38. The molecule has 0 saturated heterocycles. The topological polar surface area (TPSA) is 0 Å². The van der Waals surface area contributed by atoms with Crippen molar-refractivity contribution in [3.05, 3.63) is 71.6 Å². The Balaban J connectivity index is 1.90. The summed E-state index contributed by atoms with van der Waals surface area (Å²) in [5.41, 5.74) is -1.59. The van der Waals surface area contributed by atoms with Gasteiger partial charge in [-0.3, -0.25) is 0 Å². The Morgan fingerprint density at radius 1 is 0.852 bits per heavy atom. The van der Waals surface area contributed by atoms with E-state index in [0.717, 1.165) is 31.2 Å². The van der Waals surface area contributed by atoms with Crippen LogP contribution in [-0.4, -0.2) is 0 Å². The molecule has 0 heterocycles. The van der Waals surface area contributed by atoms with E-state index in [-0.39, 0.29) is 17.0 Å². The van der Waals surface area contributed by atoms with Crippen LogP contribution in [0, 0.1) is 23.4 Å². The third-order valence-electron chi connectivity index (χ3n) is 5.21. The summed E-state index contributed by atoms with van der Waals surface area (Å²) in [4.78, 5) is 0. The van der Waals surface area contributed by atoms with Crippen molar-refractivity contribution in [1.82, 2.24) is 0 Å². The van der Waals surface area contributed by atoms with Gasteiger partial charge in [0, 0.05) is 5.56 Å². The monoisotopic (exact) mass is 384 g/mol. The minimum atomic E-state index is -5.15. The normalized spacial score (nSPS) is 20.5. The molecule has 0 atom stereocenters. The fraction of sp³-hybridized carbons (Fsp3) is 0.333. The molecule has 1 aliphatic carbocycles. The molecule has 1 fully saturated rings. The Morgan fingerprint density at radius 2 is 1.44 bits per heavy atom. The fourth-order valence-electron chi connectivity index (χ4n) is 3.71. The first-order chi connectivity index (χ1) is 12.7. The Hall–Kier alpha value is -2.24. The van der Waals surface area contributed by atoms with Gasteiger partial charge in [-0.05, 0) is 66.8 Å². The molecule has 144 valence electrons. The Bertz CT molecular complexity index is 821. The van der Waals surface area contributed by atoms with E-state index in [2.05, 4.69) is 6.58 Å². The molecule has 1 saturated carbocycles. The number of halogens is 6. The van der Waals surface area contributed by atoms with Crippen LogP contribution in [0.2, 0.25) is 0 Å². The average Bonchev–Trinajstić information content (AvgIpc) is 2.59. The summed E-state index contributed by atoms with van der Waals surface area (Å²) in [6, 6.07) is 5.37. The molecule has 0 N–H and O–H groups in total. The van der Waals surface area contributed by atoms with E-state index in [0.29, 0.717) is 18.1 Å². The van der Waals surface area contributed by atoms with Gasteiger partial charge < -0.3 is 0 Å². The van der Waals surface area contributed by atoms with Crippen molar-refractivity contribution in [3.63, 3.8) is 0 Å². The smallest absolute Gasteiger partial charge is 0.206 e. The Kier molecular flexibility index (Phi) is 5.36. The Morgan fingerprint density at radius 3 is 1.93 bits per heavy atom. The highest BCUT2D eigenvalue weighted by Crippen LogP contribution is 2.39. The van der Waals surface area contributed by atoms with Crippen molar-refractivity contribution in [1.29, 1.82) is 0 Å². The lowest BCUT2D eigenvalue weighted by atomic mass is 9.78. The number of allylic oxidation sites excluding steroid dienone is 1. The zero-order valence-corrected chi connectivity index (χ0v) is 14.4. The van der Waals surface area contributed by atoms with Gasteiger partial charge in [-0.1, -0.05) is 18.2 Å². The number of hydrogen-bond donors (Lipinski definition) is 0. The zero-order chi connectivity index (χ0) is 19.8. The van der Waals surface area contributed by atoms with E-state index in [1.54, 1.807) is 6.07 Å². The maximum Gasteiger partial charge on any atom is 0.422 e. The first kappa shape index (κ1) is 19.5. The number of rotatable bonds is 3. The molecule has 0 amide bonds. The number of benzene rings is 2. The molecule has 0 aromatic heterocycles. The van der Waals surface area contributed by atoms with Gasteiger partial charge in [0.05, 0.1) is 0 Å². The molecular weight excluding hydrogens is 366 g/mol. The molecular formula is C21H18F6. The molecule has 0 spiro atoms. The van der Waals surface area contributed by atoms with Crippen LogP contribution in [0.5, 0.6) is 0 Å². The molecule has 2 aromatic rings. The molecule has 1 aliphatic rings. The van der Waals surface area contributed by atoms with E-state index >= 15 is 0 Å². The summed E-state index contributed by atoms with van der Waals surface area (Å²) in [6.07, 6.45) is 0.477. The second kappa shape index (κ2) is 7.41. The average molecular weight is 384 g/mol. The van der Waals surface area contributed by atoms with Crippen molar-refractivity contribution in [3.8, 4) is 11.1 Å². The van der Waals surface area contributed by atoms with Crippen LogP contribution >= 0.6 is 0 Å². The molecule has 0 nitrogen and oxygen atoms in total. The summed E-state index contributed by atoms with van der Waals surface area (Å²) in [5, 5.41) is 0. The van der Waals surface area contributed by atoms with Gasteiger partial charge >= 0.3 is 6.18 Å². The van der Waals surface area contributed by atoms with Crippen molar-refractivity contribution in [2.24, 2.45) is 5.92 Å². The zero-order valence-electron chi connectivity index (χ0n) is 14.4. The van der Waals surface area contributed by atoms with Gasteiger partial charge in [-0.15, -0.1) is 6.58 Å². The fourth-order valence-corrected chi connectivity index (χ4v) is 3.71. The van der Waals surface area contributed by atoms with E-state index in [1.807, 2.05) is 6.08 Å². The van der Waals surface area contributed by atoms with E-state index in [1.165, 1.54) is 12.1 Å². The first-order valence-corrected chi connectivity index (χ1v) is 8.69. The van der Waals surface area contributed by atoms with Crippen molar-refractivity contribution in [2.45, 2.75) is 37.8 Å². The van der Waals surface area contributed by atoms with Gasteiger partial charge in [0.25, 0.3) is 0 Å². The third-order valence-corrected chi connectivity index (χ3v) is 5.21. The number of alkyl halides is 3. The lowest BCUT2D eigenvalue weighted by Crippen LogP contribution is -2.12. The molecule has 27 heavy (non-hydrogen) atoms. The molecule has 0 bridgehead atoms. The molecule has 6 heteroatoms. The minimum absolute atomic E-state index is 0.134. The predicted octanol–water partition coefficient (Wildman–Crippen LogP) is 7.25.